The summed E-state index contributed by atoms with van der Waals surface area (Å²) in [6.07, 6.45) is 0.673. The Morgan fingerprint density at radius 3 is 2.67 bits per heavy atom. The van der Waals surface area contributed by atoms with Crippen LogP contribution < -0.4 is 16.8 Å². The van der Waals surface area contributed by atoms with Gasteiger partial charge >= 0.3 is 0 Å². The number of nitrogens with two attached hydrogens (primary N) is 2. The van der Waals surface area contributed by atoms with Crippen LogP contribution in [0.15, 0.2) is 12.1 Å². The molecule has 0 spiro atoms. The molecule has 2 amide bonds. The summed E-state index contributed by atoms with van der Waals surface area (Å²) in [5.41, 5.74) is 11.7. The molecule has 1 saturated heterocycles. The molecular weight excluding hydrogens is 315 g/mol. The van der Waals surface area contributed by atoms with Gasteiger partial charge in [0.1, 0.15) is 0 Å². The van der Waals surface area contributed by atoms with Crippen LogP contribution in [0.4, 0.5) is 11.4 Å². The summed E-state index contributed by atoms with van der Waals surface area (Å²) in [5.74, 6) is -0.777. The first-order chi connectivity index (χ1) is 9.86. The second kappa shape index (κ2) is 6.51. The molecule has 1 aliphatic rings. The molecule has 1 heterocycles. The van der Waals surface area contributed by atoms with E-state index in [-0.39, 0.29) is 29.3 Å². The Bertz CT molecular complexity index is 556. The number of hydrogen-bond acceptors (Lipinski definition) is 4. The monoisotopic (exact) mass is 330 g/mol. The highest BCUT2D eigenvalue weighted by molar-refractivity contribution is 6.37. The van der Waals surface area contributed by atoms with Crippen molar-refractivity contribution in [2.45, 2.75) is 6.42 Å². The SMILES string of the molecule is NC(=O)C1CCN(CC(=O)Nc2c(N)cc(Cl)cc2Cl)C1. The van der Waals surface area contributed by atoms with Gasteiger partial charge in [0.15, 0.2) is 0 Å². The van der Waals surface area contributed by atoms with Crippen LogP contribution in [-0.2, 0) is 9.59 Å². The highest BCUT2D eigenvalue weighted by atomic mass is 35.5. The second-order valence-corrected chi connectivity index (χ2v) is 5.87. The Kier molecular flexibility index (Phi) is 4.92. The molecule has 1 unspecified atom stereocenters. The van der Waals surface area contributed by atoms with Gasteiger partial charge in [0.2, 0.25) is 11.8 Å². The van der Waals surface area contributed by atoms with E-state index in [0.717, 1.165) is 0 Å². The van der Waals surface area contributed by atoms with Gasteiger partial charge in [-0.25, -0.2) is 0 Å². The molecule has 1 aromatic carbocycles. The molecule has 1 atom stereocenters. The molecule has 0 radical (unpaired) electrons. The van der Waals surface area contributed by atoms with Crippen LogP contribution in [0.1, 0.15) is 6.42 Å². The normalized spacial score (nSPS) is 18.7. The van der Waals surface area contributed by atoms with Crippen molar-refractivity contribution >= 4 is 46.4 Å². The van der Waals surface area contributed by atoms with E-state index in [0.29, 0.717) is 35.9 Å². The number of anilines is 2. The fourth-order valence-corrected chi connectivity index (χ4v) is 2.87. The average molecular weight is 331 g/mol. The number of likely N-dealkylation sites (tertiary alicyclic amines) is 1. The Morgan fingerprint density at radius 1 is 1.38 bits per heavy atom. The predicted octanol–water partition coefficient (Wildman–Crippen LogP) is 1.32. The molecule has 6 nitrogen and oxygen atoms in total. The van der Waals surface area contributed by atoms with Crippen LogP contribution in [0.25, 0.3) is 0 Å². The number of primary amides is 1. The molecule has 0 aliphatic carbocycles. The maximum absolute atomic E-state index is 12.0. The number of carbonyl (C=O) groups excluding carboxylic acids is 2. The van der Waals surface area contributed by atoms with Crippen LogP contribution >= 0.6 is 23.2 Å². The van der Waals surface area contributed by atoms with Gasteiger partial charge in [-0.15, -0.1) is 0 Å². The van der Waals surface area contributed by atoms with Gasteiger partial charge in [-0.05, 0) is 25.1 Å². The van der Waals surface area contributed by atoms with Crippen molar-refractivity contribution in [1.29, 1.82) is 0 Å². The van der Waals surface area contributed by atoms with Crippen molar-refractivity contribution in [3.8, 4) is 0 Å². The van der Waals surface area contributed by atoms with Crippen molar-refractivity contribution in [3.05, 3.63) is 22.2 Å². The summed E-state index contributed by atoms with van der Waals surface area (Å²) < 4.78 is 0. The molecule has 1 aromatic rings. The van der Waals surface area contributed by atoms with Crippen LogP contribution in [0.3, 0.4) is 0 Å². The third-order valence-electron chi connectivity index (χ3n) is 3.39. The lowest BCUT2D eigenvalue weighted by molar-refractivity contribution is -0.122. The van der Waals surface area contributed by atoms with E-state index in [4.69, 9.17) is 34.7 Å². The zero-order valence-electron chi connectivity index (χ0n) is 11.2. The van der Waals surface area contributed by atoms with Gasteiger partial charge in [0.05, 0.1) is 28.9 Å². The Balaban J connectivity index is 1.96. The van der Waals surface area contributed by atoms with E-state index in [1.807, 2.05) is 4.90 Å². The lowest BCUT2D eigenvalue weighted by atomic mass is 10.1. The molecule has 114 valence electrons. The van der Waals surface area contributed by atoms with Gasteiger partial charge in [0.25, 0.3) is 0 Å². The summed E-state index contributed by atoms with van der Waals surface area (Å²) in [6.45, 7) is 1.31. The smallest absolute Gasteiger partial charge is 0.238 e. The van der Waals surface area contributed by atoms with Crippen LogP contribution in [0, 0.1) is 5.92 Å². The molecular formula is C13H16Cl2N4O2. The number of carbonyl (C=O) groups is 2. The third kappa shape index (κ3) is 4.00. The van der Waals surface area contributed by atoms with Crippen LogP contribution in [-0.4, -0.2) is 36.3 Å². The van der Waals surface area contributed by atoms with E-state index in [1.165, 1.54) is 12.1 Å². The maximum Gasteiger partial charge on any atom is 0.238 e. The minimum absolute atomic E-state index is 0.155. The fraction of sp³-hybridized carbons (Fsp3) is 0.385. The standard InChI is InChI=1S/C13H16Cl2N4O2/c14-8-3-9(15)12(10(16)4-8)18-11(20)6-19-2-1-7(5-19)13(17)21/h3-4,7H,1-2,5-6,16H2,(H2,17,21)(H,18,20). The molecule has 1 fully saturated rings. The van der Waals surface area contributed by atoms with Gasteiger partial charge in [0, 0.05) is 11.6 Å². The topological polar surface area (TPSA) is 101 Å². The molecule has 8 heteroatoms. The second-order valence-electron chi connectivity index (χ2n) is 5.02. The molecule has 21 heavy (non-hydrogen) atoms. The molecule has 0 aromatic heterocycles. The minimum Gasteiger partial charge on any atom is -0.397 e. The zero-order valence-corrected chi connectivity index (χ0v) is 12.7. The first kappa shape index (κ1) is 15.9. The summed E-state index contributed by atoms with van der Waals surface area (Å²) in [5, 5.41) is 3.35. The highest BCUT2D eigenvalue weighted by Crippen LogP contribution is 2.32. The number of nitrogen functional groups attached to an aromatic ring is 1. The number of hydrogen-bond donors (Lipinski definition) is 3. The number of amides is 2. The summed E-state index contributed by atoms with van der Waals surface area (Å²) in [6, 6.07) is 3.02. The number of benzene rings is 1. The van der Waals surface area contributed by atoms with E-state index < -0.39 is 0 Å². The Morgan fingerprint density at radius 2 is 2.10 bits per heavy atom. The van der Waals surface area contributed by atoms with E-state index in [1.54, 1.807) is 0 Å². The molecule has 2 rings (SSSR count). The molecule has 0 saturated carbocycles. The summed E-state index contributed by atoms with van der Waals surface area (Å²) in [4.78, 5) is 25.0. The number of nitrogens with zero attached hydrogens (tertiary/aromatic N) is 1. The molecule has 5 N–H and O–H groups in total. The van der Waals surface area contributed by atoms with Crippen molar-refractivity contribution in [1.82, 2.24) is 4.90 Å². The van der Waals surface area contributed by atoms with Crippen LogP contribution in [0.2, 0.25) is 10.0 Å². The van der Waals surface area contributed by atoms with Gasteiger partial charge in [-0.2, -0.15) is 0 Å². The highest BCUT2D eigenvalue weighted by Gasteiger charge is 2.27. The van der Waals surface area contributed by atoms with E-state index in [9.17, 15) is 9.59 Å². The van der Waals surface area contributed by atoms with Crippen molar-refractivity contribution < 1.29 is 9.59 Å². The van der Waals surface area contributed by atoms with Gasteiger partial charge in [-0.3, -0.25) is 14.5 Å². The third-order valence-corrected chi connectivity index (χ3v) is 3.91. The quantitative estimate of drug-likeness (QED) is 0.724. The largest absolute Gasteiger partial charge is 0.397 e. The van der Waals surface area contributed by atoms with Crippen molar-refractivity contribution in [3.63, 3.8) is 0 Å². The number of rotatable bonds is 4. The van der Waals surface area contributed by atoms with E-state index >= 15 is 0 Å². The van der Waals surface area contributed by atoms with Crippen LogP contribution in [0.5, 0.6) is 0 Å². The Labute approximate surface area is 132 Å². The fourth-order valence-electron chi connectivity index (χ4n) is 2.32. The lowest BCUT2D eigenvalue weighted by Crippen LogP contribution is -2.33. The predicted molar refractivity (Wildman–Crippen MR) is 83.2 cm³/mol. The minimum atomic E-state index is -0.331. The summed E-state index contributed by atoms with van der Waals surface area (Å²) in [7, 11) is 0. The van der Waals surface area contributed by atoms with Crippen molar-refractivity contribution in [2.75, 3.05) is 30.7 Å². The molecule has 1 aliphatic heterocycles. The molecule has 0 bridgehead atoms. The summed E-state index contributed by atoms with van der Waals surface area (Å²) >= 11 is 11.8. The Hall–Kier alpha value is -1.50. The number of halogens is 2. The van der Waals surface area contributed by atoms with Gasteiger partial charge in [-0.1, -0.05) is 23.2 Å². The average Bonchev–Trinajstić information content (AvgIpc) is 2.82. The first-order valence-corrected chi connectivity index (χ1v) is 7.18. The van der Waals surface area contributed by atoms with Crippen molar-refractivity contribution in [2.24, 2.45) is 11.7 Å². The number of nitrogens with one attached hydrogen (secondary N) is 1. The maximum atomic E-state index is 12.0. The van der Waals surface area contributed by atoms with E-state index in [2.05, 4.69) is 5.32 Å². The lowest BCUT2D eigenvalue weighted by Gasteiger charge is -2.16. The zero-order chi connectivity index (χ0) is 15.6. The van der Waals surface area contributed by atoms with Gasteiger partial charge < -0.3 is 16.8 Å². The first-order valence-electron chi connectivity index (χ1n) is 6.43.